The number of phenols is 2. The number of ketones is 1. The maximum absolute atomic E-state index is 12.1. The number of Topliss-reactive ketones (excluding diaryl/α,β-unsaturated/α-hetero) is 1. The van der Waals surface area contributed by atoms with Gasteiger partial charge < -0.3 is 61.6 Å². The highest BCUT2D eigenvalue weighted by atomic mass is 35.5. The van der Waals surface area contributed by atoms with Crippen molar-refractivity contribution in [1.82, 2.24) is 0 Å². The van der Waals surface area contributed by atoms with Crippen molar-refractivity contribution in [2.24, 2.45) is 0 Å². The number of halogens is 11. The number of hydrogen-bond acceptors (Lipinski definition) is 17. The summed E-state index contributed by atoms with van der Waals surface area (Å²) < 4.78 is 115. The summed E-state index contributed by atoms with van der Waals surface area (Å²) in [4.78, 5) is 20.6. The molecule has 6 aromatic carbocycles. The van der Waals surface area contributed by atoms with Crippen LogP contribution in [-0.4, -0.2) is 114 Å². The summed E-state index contributed by atoms with van der Waals surface area (Å²) in [6, 6.07) is 22.0. The molecule has 6 heterocycles. The Morgan fingerprint density at radius 2 is 0.943 bits per heavy atom. The van der Waals surface area contributed by atoms with Crippen LogP contribution in [0, 0.1) is 0 Å². The van der Waals surface area contributed by atoms with Crippen LogP contribution in [0.2, 0.25) is 30.1 Å². The van der Waals surface area contributed by atoms with E-state index in [-0.39, 0.29) is 56.8 Å². The van der Waals surface area contributed by atoms with Gasteiger partial charge >= 0.3 is 22.7 Å². The zero-order valence-corrected chi connectivity index (χ0v) is 54.6. The van der Waals surface area contributed by atoms with E-state index in [9.17, 15) is 36.3 Å². The molecule has 476 valence electrons. The fourth-order valence-electron chi connectivity index (χ4n) is 8.28. The number of carbonyl (C=O) groups excluding carboxylic acids is 2. The van der Waals surface area contributed by atoms with E-state index in [2.05, 4.69) is 10.2 Å². The van der Waals surface area contributed by atoms with Crippen LogP contribution in [0.4, 0.5) is 13.2 Å². The van der Waals surface area contributed by atoms with Crippen LogP contribution in [0.3, 0.4) is 0 Å². The highest BCUT2D eigenvalue weighted by Crippen LogP contribution is 2.45. The van der Waals surface area contributed by atoms with Crippen molar-refractivity contribution in [2.45, 2.75) is 70.1 Å². The molecule has 1 fully saturated rings. The van der Waals surface area contributed by atoms with Crippen LogP contribution in [0.25, 0.3) is 0 Å². The lowest BCUT2D eigenvalue weighted by Gasteiger charge is -2.32. The first-order valence-electron chi connectivity index (χ1n) is 26.1. The van der Waals surface area contributed by atoms with E-state index in [1.807, 2.05) is 52.0 Å². The average Bonchev–Trinajstić information content (AvgIpc) is 1.77. The van der Waals surface area contributed by atoms with Gasteiger partial charge in [-0.15, -0.1) is 11.6 Å². The van der Waals surface area contributed by atoms with Crippen LogP contribution in [0.15, 0.2) is 78.9 Å². The quantitative estimate of drug-likeness (QED) is 0.0500. The Kier molecular flexibility index (Phi) is 25.2. The van der Waals surface area contributed by atoms with E-state index in [0.29, 0.717) is 86.2 Å². The predicted octanol–water partition coefficient (Wildman–Crippen LogP) is 14.3. The molecule has 0 atom stereocenters. The number of fused-ring (bicyclic) bond motifs is 5. The number of methoxy groups -OCH3 is 3. The summed E-state index contributed by atoms with van der Waals surface area (Å²) in [6.45, 7) is 10.6. The molecule has 0 aromatic heterocycles. The molecular formula is C58H56BCl8F3O17S. The van der Waals surface area contributed by atoms with Crippen molar-refractivity contribution >= 4 is 127 Å². The Bertz CT molecular complexity index is 3600. The second kappa shape index (κ2) is 31.0. The smallest absolute Gasteiger partial charge is 0.506 e. The van der Waals surface area contributed by atoms with Crippen molar-refractivity contribution in [3.05, 3.63) is 137 Å². The number of aromatic hydroxyl groups is 2. The second-order valence-electron chi connectivity index (χ2n) is 19.7. The first kappa shape index (κ1) is 71.6. The molecule has 0 amide bonds. The van der Waals surface area contributed by atoms with E-state index in [4.69, 9.17) is 145 Å². The first-order valence-corrected chi connectivity index (χ1v) is 30.6. The molecular weight excluding hydrogens is 1350 g/mol. The fourth-order valence-corrected chi connectivity index (χ4v) is 10.5. The number of benzene rings is 6. The lowest BCUT2D eigenvalue weighted by molar-refractivity contribution is -0.109. The maximum Gasteiger partial charge on any atom is 0.534 e. The van der Waals surface area contributed by atoms with Crippen LogP contribution in [0.1, 0.15) is 60.3 Å². The molecule has 0 spiro atoms. The topological polar surface area (TPSA) is 210 Å². The third-order valence-electron chi connectivity index (χ3n) is 13.5. The van der Waals surface area contributed by atoms with Gasteiger partial charge in [-0.3, -0.25) is 9.59 Å². The standard InChI is InChI=1S/C14H18BClO3.C9H6ClF3O4S.C9H7ClO3.C9H9ClO2.C8H7ClO2.C7H7ClO2.C2H2Cl2O/c1-13(2)14(3,4)19-15(18-13)10-6-5-9-7-8-17-12(9)11(10)16;10-7-6(17-18(14,15)9(11,12)13)2-1-5-3-4-16-8(5)7;1-12-7-3-2-5-6(11)4-13-9(5)8(7)10;1-11-7-3-2-6-4-5-12-9(6)8(7)10;9-7-6(10)2-1-5-3-4-11-8(5)7;1-10-6-4-2-3-5(9)7(6)8;3-1-2(4)5/h5-6H,7-8H2,1-4H3;1-2H,3-4H2;2-3H,4H2,1H3;2-3H,4-5H2,1H3;1-2,10H,3-4H2;2-4,9H,1H3;1H2. The Balaban J connectivity index is 0.000000168. The van der Waals surface area contributed by atoms with E-state index in [0.717, 1.165) is 60.0 Å². The summed E-state index contributed by atoms with van der Waals surface area (Å²) in [5.74, 6) is 3.90. The van der Waals surface area contributed by atoms with Gasteiger partial charge in [0.15, 0.2) is 18.1 Å². The summed E-state index contributed by atoms with van der Waals surface area (Å²) in [5.41, 5.74) is -0.750. The van der Waals surface area contributed by atoms with Crippen LogP contribution in [-0.2, 0) is 49.9 Å². The third kappa shape index (κ3) is 17.3. The maximum atomic E-state index is 12.1. The normalized spacial score (nSPS) is 15.3. The summed E-state index contributed by atoms with van der Waals surface area (Å²) in [6.07, 6.45) is 3.30. The van der Waals surface area contributed by atoms with E-state index < -0.39 is 33.7 Å². The molecule has 0 unspecified atom stereocenters. The molecule has 0 radical (unpaired) electrons. The van der Waals surface area contributed by atoms with E-state index in [1.54, 1.807) is 37.4 Å². The van der Waals surface area contributed by atoms with Crippen LogP contribution >= 0.6 is 92.8 Å². The van der Waals surface area contributed by atoms with Gasteiger partial charge in [-0.25, -0.2) is 0 Å². The van der Waals surface area contributed by atoms with E-state index in [1.165, 1.54) is 31.9 Å². The van der Waals surface area contributed by atoms with Crippen molar-refractivity contribution < 1.29 is 92.8 Å². The fraction of sp³-hybridized carbons (Fsp3) is 0.345. The van der Waals surface area contributed by atoms with Gasteiger partial charge in [0.1, 0.15) is 76.9 Å². The highest BCUT2D eigenvalue weighted by molar-refractivity contribution is 7.88. The molecule has 1 saturated heterocycles. The Labute approximate surface area is 546 Å². The van der Waals surface area contributed by atoms with Gasteiger partial charge in [0, 0.05) is 31.1 Å². The molecule has 6 aliphatic rings. The van der Waals surface area contributed by atoms with Crippen molar-refractivity contribution in [2.75, 3.05) is 60.2 Å². The zero-order chi connectivity index (χ0) is 65.1. The zero-order valence-electron chi connectivity index (χ0n) is 47.7. The molecule has 12 rings (SSSR count). The lowest BCUT2D eigenvalue weighted by Crippen LogP contribution is -2.41. The largest absolute Gasteiger partial charge is 0.534 e. The summed E-state index contributed by atoms with van der Waals surface area (Å²) in [7, 11) is -1.55. The van der Waals surface area contributed by atoms with Crippen molar-refractivity contribution in [1.29, 1.82) is 0 Å². The Morgan fingerprint density at radius 1 is 0.557 bits per heavy atom. The monoisotopic (exact) mass is 1400 g/mol. The van der Waals surface area contributed by atoms with E-state index >= 15 is 0 Å². The van der Waals surface area contributed by atoms with Crippen LogP contribution in [0.5, 0.6) is 63.2 Å². The number of phenolic OH excluding ortho intramolecular Hbond substituents is 2. The molecule has 2 N–H and O–H groups in total. The van der Waals surface area contributed by atoms with Gasteiger partial charge in [-0.1, -0.05) is 106 Å². The number of alkyl halides is 4. The van der Waals surface area contributed by atoms with Gasteiger partial charge in [0.05, 0.1) is 75.4 Å². The molecule has 0 saturated carbocycles. The van der Waals surface area contributed by atoms with Gasteiger partial charge in [-0.05, 0) is 104 Å². The summed E-state index contributed by atoms with van der Waals surface area (Å²) in [5, 5.41) is 19.6. The molecule has 0 aliphatic carbocycles. The average molecular weight is 1410 g/mol. The molecule has 6 aromatic rings. The lowest BCUT2D eigenvalue weighted by atomic mass is 9.78. The minimum absolute atomic E-state index is 0.0421. The number of hydrogen-bond donors (Lipinski definition) is 2. The number of carbonyl (C=O) groups is 2. The van der Waals surface area contributed by atoms with Gasteiger partial charge in [-0.2, -0.15) is 21.6 Å². The first-order chi connectivity index (χ1) is 41.4. The highest BCUT2D eigenvalue weighted by Gasteiger charge is 2.53. The minimum Gasteiger partial charge on any atom is -0.506 e. The molecule has 30 heteroatoms. The van der Waals surface area contributed by atoms with Crippen molar-refractivity contribution in [3.8, 4) is 63.2 Å². The van der Waals surface area contributed by atoms with Gasteiger partial charge in [0.2, 0.25) is 11.0 Å². The third-order valence-corrected chi connectivity index (χ3v) is 17.2. The number of rotatable bonds is 7. The van der Waals surface area contributed by atoms with Gasteiger partial charge in [0.25, 0.3) is 0 Å². The van der Waals surface area contributed by atoms with Crippen LogP contribution < -0.4 is 47.5 Å². The predicted molar refractivity (Wildman–Crippen MR) is 331 cm³/mol. The second-order valence-corrected chi connectivity index (χ2v) is 24.2. The Morgan fingerprint density at radius 3 is 1.40 bits per heavy atom. The number of ether oxygens (including phenoxy) is 8. The van der Waals surface area contributed by atoms with Crippen molar-refractivity contribution in [3.63, 3.8) is 0 Å². The minimum atomic E-state index is -5.73. The molecule has 0 bridgehead atoms. The summed E-state index contributed by atoms with van der Waals surface area (Å²) >= 11 is 45.0. The SMILES string of the molecule is CC1(C)OB(c2ccc3c(c2Cl)OCC3)OC1(C)C.COc1ccc2c(c1Cl)OCC2.COc1ccc2c(c1Cl)OCC2=O.COc1cccc(O)c1Cl.O=C(Cl)CCl.O=S(=O)(Oc1ccc2c(c1Cl)OCC2)C(F)(F)F.Oc1ccc2c(c1Cl)OCC2. The molecule has 6 aliphatic heterocycles. The molecule has 17 nitrogen and oxygen atoms in total. The Hall–Kier alpha value is -5.50. The molecule has 88 heavy (non-hydrogen) atoms.